The minimum Gasteiger partial charge on any atom is -0.404 e. The molecule has 7 nitrogen and oxygen atoms in total. The third kappa shape index (κ3) is 12.0. The average Bonchev–Trinajstić information content (AvgIpc) is 3.09. The fourth-order valence-electron chi connectivity index (χ4n) is 4.74. The second kappa shape index (κ2) is 22.8. The van der Waals surface area contributed by atoms with E-state index >= 15 is 0 Å². The van der Waals surface area contributed by atoms with Crippen LogP contribution in [0.2, 0.25) is 0 Å². The van der Waals surface area contributed by atoms with Crippen LogP contribution >= 0.6 is 0 Å². The molecule has 0 amide bonds. The lowest BCUT2D eigenvalue weighted by Gasteiger charge is -2.33. The number of rotatable bonds is 11. The molecule has 3 heterocycles. The highest BCUT2D eigenvalue weighted by Crippen LogP contribution is 2.30. The van der Waals surface area contributed by atoms with Crippen LogP contribution in [0.1, 0.15) is 130 Å². The summed E-state index contributed by atoms with van der Waals surface area (Å²) in [6.07, 6.45) is 8.31. The molecule has 1 atom stereocenters. The molecule has 46 heavy (non-hydrogen) atoms. The highest BCUT2D eigenvalue weighted by atomic mass is 19.3. The second-order valence-corrected chi connectivity index (χ2v) is 10.4. The number of nitrogens with two attached hydrogens (primary N) is 1. The molecule has 9 heteroatoms. The molecule has 0 aliphatic carbocycles. The normalized spacial score (nSPS) is 14.3. The van der Waals surface area contributed by atoms with Crippen molar-refractivity contribution < 1.29 is 8.78 Å². The van der Waals surface area contributed by atoms with Crippen LogP contribution in [0.4, 0.5) is 8.78 Å². The fourth-order valence-corrected chi connectivity index (χ4v) is 4.74. The van der Waals surface area contributed by atoms with Gasteiger partial charge in [-0.15, -0.1) is 0 Å². The van der Waals surface area contributed by atoms with Crippen molar-refractivity contribution in [1.82, 2.24) is 19.4 Å². The lowest BCUT2D eigenvalue weighted by atomic mass is 9.98. The van der Waals surface area contributed by atoms with Gasteiger partial charge in [-0.3, -0.25) is 19.3 Å². The van der Waals surface area contributed by atoms with E-state index in [1.54, 1.807) is 13.2 Å². The van der Waals surface area contributed by atoms with Crippen molar-refractivity contribution in [3.8, 4) is 0 Å². The monoisotopic (exact) mass is 642 g/mol. The summed E-state index contributed by atoms with van der Waals surface area (Å²) in [7, 11) is 1.56. The summed E-state index contributed by atoms with van der Waals surface area (Å²) < 4.78 is 28.1. The van der Waals surface area contributed by atoms with E-state index in [9.17, 15) is 13.6 Å². The third-order valence-electron chi connectivity index (χ3n) is 7.63. The van der Waals surface area contributed by atoms with Crippen molar-refractivity contribution >= 4 is 17.4 Å². The Kier molecular flexibility index (Phi) is 21.0. The van der Waals surface area contributed by atoms with Crippen LogP contribution in [0.25, 0.3) is 11.1 Å². The SMILES string of the molecule is CC.CC.CC.CC/C=C(/C(C)=C(/C)c1nc(C(F)F)cc(=O)n1C)N1CCc2ncc(/C(C=NCCC(C)CC)=C/N)cc2C1. The van der Waals surface area contributed by atoms with Crippen molar-refractivity contribution in [3.63, 3.8) is 0 Å². The first-order valence-corrected chi connectivity index (χ1v) is 17.0. The lowest BCUT2D eigenvalue weighted by Crippen LogP contribution is -2.31. The summed E-state index contributed by atoms with van der Waals surface area (Å²) >= 11 is 0. The molecule has 0 spiro atoms. The van der Waals surface area contributed by atoms with Gasteiger partial charge in [0.15, 0.2) is 0 Å². The van der Waals surface area contributed by atoms with Crippen LogP contribution in [0.15, 0.2) is 51.7 Å². The molecule has 2 N–H and O–H groups in total. The number of hydrogen-bond donors (Lipinski definition) is 1. The van der Waals surface area contributed by atoms with Gasteiger partial charge in [-0.1, -0.05) is 74.8 Å². The molecule has 0 bridgehead atoms. The lowest BCUT2D eigenvalue weighted by molar-refractivity contribution is 0.145. The van der Waals surface area contributed by atoms with Gasteiger partial charge in [0.25, 0.3) is 12.0 Å². The Hall–Kier alpha value is -3.62. The Morgan fingerprint density at radius 1 is 1.11 bits per heavy atom. The summed E-state index contributed by atoms with van der Waals surface area (Å²) in [5.41, 5.74) is 11.4. The second-order valence-electron chi connectivity index (χ2n) is 10.4. The zero-order valence-electron chi connectivity index (χ0n) is 30.5. The van der Waals surface area contributed by atoms with E-state index in [1.807, 2.05) is 67.8 Å². The number of nitrogens with zero attached hydrogens (tertiary/aromatic N) is 5. The molecule has 3 rings (SSSR count). The minimum absolute atomic E-state index is 0.244. The van der Waals surface area contributed by atoms with E-state index in [0.29, 0.717) is 18.0 Å². The maximum Gasteiger partial charge on any atom is 0.280 e. The third-order valence-corrected chi connectivity index (χ3v) is 7.63. The smallest absolute Gasteiger partial charge is 0.280 e. The van der Waals surface area contributed by atoms with Crippen LogP contribution < -0.4 is 11.3 Å². The van der Waals surface area contributed by atoms with E-state index in [-0.39, 0.29) is 5.82 Å². The Morgan fingerprint density at radius 3 is 2.33 bits per heavy atom. The fraction of sp³-hybridized carbons (Fsp3) is 0.568. The van der Waals surface area contributed by atoms with Crippen LogP contribution in [-0.4, -0.2) is 38.7 Å². The molecule has 1 unspecified atom stereocenters. The molecule has 258 valence electrons. The standard InChI is InChI=1S/C31H42F2N6O.3C2H6/c1-7-9-28(21(4)22(5)31-37-27(30(32)33)15-29(40)38(31)6)39-13-11-26-24(19-39)14-23(18-36-26)25(16-34)17-35-12-10-20(3)8-2;3*1-2/h9,14-18,20,30H,7-8,10-13,19,34H2,1-6H3;3*1-2H3/b22-21-,25-16+,28-9-,35-17?;;;. The van der Waals surface area contributed by atoms with Crippen molar-refractivity contribution in [3.05, 3.63) is 80.6 Å². The van der Waals surface area contributed by atoms with E-state index in [1.165, 1.54) is 4.57 Å². The number of aliphatic imine (C=N–C) groups is 1. The Balaban J connectivity index is 0.00000318. The molecule has 0 fully saturated rings. The van der Waals surface area contributed by atoms with Crippen LogP contribution in [0, 0.1) is 5.92 Å². The molecular formula is C37H60F2N6O. The molecule has 1 aliphatic rings. The summed E-state index contributed by atoms with van der Waals surface area (Å²) in [6.45, 7) is 24.4. The molecule has 0 aromatic carbocycles. The van der Waals surface area contributed by atoms with Gasteiger partial charge >= 0.3 is 0 Å². The Bertz CT molecular complexity index is 1370. The van der Waals surface area contributed by atoms with Gasteiger partial charge in [-0.05, 0) is 55.4 Å². The molecule has 2 aromatic rings. The molecule has 0 saturated carbocycles. The number of fused-ring (bicyclic) bond motifs is 1. The number of allylic oxidation sites excluding steroid dienone is 4. The zero-order chi connectivity index (χ0) is 35.4. The number of halogens is 2. The Morgan fingerprint density at radius 2 is 1.76 bits per heavy atom. The molecule has 0 radical (unpaired) electrons. The quantitative estimate of drug-likeness (QED) is 0.195. The number of aromatic nitrogens is 3. The van der Waals surface area contributed by atoms with Crippen LogP contribution in [0.5, 0.6) is 0 Å². The van der Waals surface area contributed by atoms with Crippen molar-refractivity contribution in [2.24, 2.45) is 23.7 Å². The van der Waals surface area contributed by atoms with Crippen molar-refractivity contribution in [2.75, 3.05) is 13.1 Å². The first kappa shape index (κ1) is 42.4. The first-order chi connectivity index (χ1) is 22.1. The number of pyridine rings is 1. The van der Waals surface area contributed by atoms with Gasteiger partial charge < -0.3 is 10.6 Å². The zero-order valence-corrected chi connectivity index (χ0v) is 30.5. The largest absolute Gasteiger partial charge is 0.404 e. The van der Waals surface area contributed by atoms with Gasteiger partial charge in [0.1, 0.15) is 11.5 Å². The first-order valence-electron chi connectivity index (χ1n) is 17.0. The van der Waals surface area contributed by atoms with Gasteiger partial charge in [0, 0.05) is 80.3 Å². The average molecular weight is 643 g/mol. The number of hydrogen-bond acceptors (Lipinski definition) is 6. The van der Waals surface area contributed by atoms with Gasteiger partial charge in [-0.2, -0.15) is 0 Å². The van der Waals surface area contributed by atoms with E-state index in [4.69, 9.17) is 10.7 Å². The van der Waals surface area contributed by atoms with E-state index in [2.05, 4.69) is 47.8 Å². The minimum atomic E-state index is -2.82. The molecule has 0 saturated heterocycles. The van der Waals surface area contributed by atoms with Gasteiger partial charge in [-0.25, -0.2) is 13.8 Å². The van der Waals surface area contributed by atoms with Gasteiger partial charge in [0.2, 0.25) is 0 Å². The van der Waals surface area contributed by atoms with Crippen LogP contribution in [0.3, 0.4) is 0 Å². The summed E-state index contributed by atoms with van der Waals surface area (Å²) in [6, 6.07) is 3.02. The molecule has 1 aliphatic heterocycles. The number of alkyl halides is 2. The maximum atomic E-state index is 13.4. The predicted octanol–water partition coefficient (Wildman–Crippen LogP) is 9.14. The molecule has 2 aromatic heterocycles. The topological polar surface area (TPSA) is 89.4 Å². The van der Waals surface area contributed by atoms with Crippen molar-refractivity contribution in [1.29, 1.82) is 0 Å². The van der Waals surface area contributed by atoms with Gasteiger partial charge in [0.05, 0.1) is 0 Å². The molecular weight excluding hydrogens is 582 g/mol. The Labute approximate surface area is 277 Å². The highest BCUT2D eigenvalue weighted by molar-refractivity contribution is 6.09. The summed E-state index contributed by atoms with van der Waals surface area (Å²) in [5, 5.41) is 0. The highest BCUT2D eigenvalue weighted by Gasteiger charge is 2.23. The maximum absolute atomic E-state index is 13.4. The summed E-state index contributed by atoms with van der Waals surface area (Å²) in [5.74, 6) is 0.883. The summed E-state index contributed by atoms with van der Waals surface area (Å²) in [4.78, 5) is 28.1. The van der Waals surface area contributed by atoms with Crippen molar-refractivity contribution in [2.45, 2.75) is 115 Å². The van der Waals surface area contributed by atoms with E-state index < -0.39 is 17.7 Å². The van der Waals surface area contributed by atoms with E-state index in [0.717, 1.165) is 78.5 Å². The predicted molar refractivity (Wildman–Crippen MR) is 193 cm³/mol. The van der Waals surface area contributed by atoms with Crippen LogP contribution in [-0.2, 0) is 20.0 Å².